The van der Waals surface area contributed by atoms with E-state index in [0.29, 0.717) is 24.3 Å². The number of aryl methyl sites for hydroxylation is 1. The van der Waals surface area contributed by atoms with Gasteiger partial charge in [0.05, 0.1) is 13.2 Å². The van der Waals surface area contributed by atoms with Gasteiger partial charge in [0.2, 0.25) is 5.89 Å². The molecule has 0 amide bonds. The Morgan fingerprint density at radius 1 is 1.33 bits per heavy atom. The molecule has 9 heteroatoms. The van der Waals surface area contributed by atoms with E-state index in [0.717, 1.165) is 51.9 Å². The topological polar surface area (TPSA) is 79.0 Å². The van der Waals surface area contributed by atoms with E-state index in [4.69, 9.17) is 9.26 Å². The van der Waals surface area contributed by atoms with Gasteiger partial charge >= 0.3 is 0 Å². The van der Waals surface area contributed by atoms with Crippen LogP contribution in [0, 0.1) is 6.92 Å². The maximum atomic E-state index is 5.45. The summed E-state index contributed by atoms with van der Waals surface area (Å²) < 4.78 is 10.6. The third-order valence-electron chi connectivity index (χ3n) is 4.29. The van der Waals surface area contributed by atoms with E-state index >= 15 is 0 Å². The number of halogens is 1. The molecule has 1 aromatic rings. The Morgan fingerprint density at radius 3 is 2.79 bits per heavy atom. The average molecular weight is 450 g/mol. The molecule has 8 nitrogen and oxygen atoms in total. The van der Waals surface area contributed by atoms with E-state index < -0.39 is 0 Å². The second-order valence-electron chi connectivity index (χ2n) is 5.94. The molecule has 0 radical (unpaired) electrons. The molecule has 3 heterocycles. The molecule has 0 spiro atoms. The van der Waals surface area contributed by atoms with Gasteiger partial charge in [0, 0.05) is 38.8 Å². The van der Waals surface area contributed by atoms with E-state index in [-0.39, 0.29) is 24.0 Å². The number of guanidine groups is 1. The molecule has 2 aliphatic heterocycles. The van der Waals surface area contributed by atoms with Crippen molar-refractivity contribution in [2.24, 2.45) is 4.99 Å². The molecule has 24 heavy (non-hydrogen) atoms. The van der Waals surface area contributed by atoms with Crippen molar-refractivity contribution in [3.05, 3.63) is 11.7 Å². The zero-order valence-corrected chi connectivity index (χ0v) is 16.7. The monoisotopic (exact) mass is 450 g/mol. The lowest BCUT2D eigenvalue weighted by Crippen LogP contribution is -2.46. The summed E-state index contributed by atoms with van der Waals surface area (Å²) in [6.07, 6.45) is 1.17. The summed E-state index contributed by atoms with van der Waals surface area (Å²) in [4.78, 5) is 13.7. The Balaban J connectivity index is 0.00000208. The van der Waals surface area contributed by atoms with Gasteiger partial charge in [0.15, 0.2) is 11.8 Å². The molecule has 3 rings (SSSR count). The molecule has 0 aromatic carbocycles. The van der Waals surface area contributed by atoms with Crippen LogP contribution in [-0.2, 0) is 11.3 Å². The fraction of sp³-hybridized carbons (Fsp3) is 0.800. The predicted octanol–water partition coefficient (Wildman–Crippen LogP) is 0.868. The zero-order chi connectivity index (χ0) is 16.1. The number of hydrogen-bond acceptors (Lipinski definition) is 6. The van der Waals surface area contributed by atoms with Crippen LogP contribution in [0.5, 0.6) is 0 Å². The number of aliphatic imine (C=N–C) groups is 1. The number of likely N-dealkylation sites (tertiary alicyclic amines) is 1. The highest BCUT2D eigenvalue weighted by atomic mass is 127. The lowest BCUT2D eigenvalue weighted by Gasteiger charge is -2.32. The summed E-state index contributed by atoms with van der Waals surface area (Å²) in [5, 5.41) is 7.17. The van der Waals surface area contributed by atoms with Crippen molar-refractivity contribution >= 4 is 29.9 Å². The summed E-state index contributed by atoms with van der Waals surface area (Å²) in [5.74, 6) is 2.13. The van der Waals surface area contributed by atoms with Crippen molar-refractivity contribution in [1.29, 1.82) is 0 Å². The Hall–Kier alpha value is -0.940. The van der Waals surface area contributed by atoms with E-state index in [2.05, 4.69) is 37.2 Å². The first kappa shape index (κ1) is 19.4. The summed E-state index contributed by atoms with van der Waals surface area (Å²) in [6, 6.07) is 0.591. The third kappa shape index (κ3) is 5.03. The zero-order valence-electron chi connectivity index (χ0n) is 14.4. The summed E-state index contributed by atoms with van der Waals surface area (Å²) in [5.41, 5.74) is 0. The molecule has 136 valence electrons. The van der Waals surface area contributed by atoms with E-state index in [1.54, 1.807) is 0 Å². The molecular formula is C15H27IN6O2. The van der Waals surface area contributed by atoms with Gasteiger partial charge in [-0.1, -0.05) is 5.16 Å². The number of ether oxygens (including phenoxy) is 1. The Labute approximate surface area is 160 Å². The fourth-order valence-electron chi connectivity index (χ4n) is 3.15. The van der Waals surface area contributed by atoms with Crippen molar-refractivity contribution in [1.82, 2.24) is 25.3 Å². The molecular weight excluding hydrogens is 423 g/mol. The third-order valence-corrected chi connectivity index (χ3v) is 4.29. The minimum atomic E-state index is 0. The van der Waals surface area contributed by atoms with Gasteiger partial charge in [-0.15, -0.1) is 24.0 Å². The second kappa shape index (κ2) is 9.52. The lowest BCUT2D eigenvalue weighted by atomic mass is 10.2. The van der Waals surface area contributed by atoms with Gasteiger partial charge in [0.1, 0.15) is 6.54 Å². The molecule has 0 aliphatic carbocycles. The number of nitrogens with zero attached hydrogens (tertiary/aromatic N) is 5. The van der Waals surface area contributed by atoms with Crippen LogP contribution in [0.15, 0.2) is 9.52 Å². The minimum Gasteiger partial charge on any atom is -0.379 e. The number of nitrogens with one attached hydrogen (secondary N) is 1. The van der Waals surface area contributed by atoms with Gasteiger partial charge in [-0.05, 0) is 20.3 Å². The maximum absolute atomic E-state index is 5.45. The molecule has 2 saturated heterocycles. The lowest BCUT2D eigenvalue weighted by molar-refractivity contribution is 0.0195. The number of aromatic nitrogens is 2. The fourth-order valence-corrected chi connectivity index (χ4v) is 3.15. The van der Waals surface area contributed by atoms with E-state index in [1.165, 1.54) is 6.42 Å². The van der Waals surface area contributed by atoms with Crippen LogP contribution in [0.1, 0.15) is 25.1 Å². The van der Waals surface area contributed by atoms with Gasteiger partial charge < -0.3 is 19.5 Å². The first-order valence-electron chi connectivity index (χ1n) is 8.40. The highest BCUT2D eigenvalue weighted by molar-refractivity contribution is 14.0. The van der Waals surface area contributed by atoms with Crippen LogP contribution >= 0.6 is 24.0 Å². The molecule has 1 unspecified atom stereocenters. The molecule has 1 N–H and O–H groups in total. The van der Waals surface area contributed by atoms with Gasteiger partial charge in [-0.25, -0.2) is 4.99 Å². The van der Waals surface area contributed by atoms with Crippen LogP contribution in [0.4, 0.5) is 0 Å². The Bertz CT molecular complexity index is 532. The largest absolute Gasteiger partial charge is 0.379 e. The first-order chi connectivity index (χ1) is 11.3. The van der Waals surface area contributed by atoms with Gasteiger partial charge in [-0.2, -0.15) is 4.98 Å². The molecule has 1 atom stereocenters. The van der Waals surface area contributed by atoms with Crippen LogP contribution in [0.3, 0.4) is 0 Å². The molecule has 0 bridgehead atoms. The maximum Gasteiger partial charge on any atom is 0.248 e. The van der Waals surface area contributed by atoms with E-state index in [9.17, 15) is 0 Å². The van der Waals surface area contributed by atoms with Crippen LogP contribution in [0.2, 0.25) is 0 Å². The van der Waals surface area contributed by atoms with Crippen LogP contribution in [-0.4, -0.2) is 77.9 Å². The average Bonchev–Trinajstić information content (AvgIpc) is 3.21. The highest BCUT2D eigenvalue weighted by Gasteiger charge is 2.30. The van der Waals surface area contributed by atoms with Crippen molar-refractivity contribution in [3.63, 3.8) is 0 Å². The SMILES string of the molecule is CCNC(=NCc1nc(C)no1)N1CCC(N2CCOCC2)C1.I. The highest BCUT2D eigenvalue weighted by Crippen LogP contribution is 2.17. The quantitative estimate of drug-likeness (QED) is 0.414. The van der Waals surface area contributed by atoms with Crippen molar-refractivity contribution in [3.8, 4) is 0 Å². The van der Waals surface area contributed by atoms with Crippen molar-refractivity contribution in [2.45, 2.75) is 32.9 Å². The number of hydrogen-bond donors (Lipinski definition) is 1. The second-order valence-corrected chi connectivity index (χ2v) is 5.94. The van der Waals surface area contributed by atoms with Crippen LogP contribution in [0.25, 0.3) is 0 Å². The molecule has 0 saturated carbocycles. The minimum absolute atomic E-state index is 0. The number of rotatable bonds is 4. The predicted molar refractivity (Wildman–Crippen MR) is 102 cm³/mol. The Kier molecular flexibility index (Phi) is 7.69. The van der Waals surface area contributed by atoms with Crippen molar-refractivity contribution < 1.29 is 9.26 Å². The van der Waals surface area contributed by atoms with Gasteiger partial charge in [-0.3, -0.25) is 4.90 Å². The smallest absolute Gasteiger partial charge is 0.248 e. The van der Waals surface area contributed by atoms with Crippen LogP contribution < -0.4 is 5.32 Å². The number of morpholine rings is 1. The molecule has 2 aliphatic rings. The molecule has 2 fully saturated rings. The first-order valence-corrected chi connectivity index (χ1v) is 8.40. The standard InChI is InChI=1S/C15H26N6O2.HI/c1-3-16-15(17-10-14-18-12(2)19-23-14)21-5-4-13(11-21)20-6-8-22-9-7-20;/h13H,3-11H2,1-2H3,(H,16,17);1H. The van der Waals surface area contributed by atoms with E-state index in [1.807, 2.05) is 6.92 Å². The summed E-state index contributed by atoms with van der Waals surface area (Å²) in [6.45, 7) is 11.0. The normalized spacial score (nSPS) is 22.5. The van der Waals surface area contributed by atoms with Gasteiger partial charge in [0.25, 0.3) is 0 Å². The molecule has 1 aromatic heterocycles. The van der Waals surface area contributed by atoms with Crippen molar-refractivity contribution in [2.75, 3.05) is 45.9 Å². The summed E-state index contributed by atoms with van der Waals surface area (Å²) >= 11 is 0. The summed E-state index contributed by atoms with van der Waals surface area (Å²) in [7, 11) is 0. The Morgan fingerprint density at radius 2 is 2.12 bits per heavy atom.